The van der Waals surface area contributed by atoms with Crippen LogP contribution in [0.2, 0.25) is 0 Å². The first kappa shape index (κ1) is 12.6. The van der Waals surface area contributed by atoms with Gasteiger partial charge in [-0.3, -0.25) is 9.78 Å². The molecule has 3 rings (SSSR count). The van der Waals surface area contributed by atoms with Gasteiger partial charge in [0.2, 0.25) is 0 Å². The Labute approximate surface area is 120 Å². The molecule has 2 atom stereocenters. The number of carbonyl (C=O) groups is 1. The molecule has 0 aliphatic heterocycles. The molecular weight excluding hydrogens is 306 g/mol. The van der Waals surface area contributed by atoms with Crippen molar-refractivity contribution in [3.63, 3.8) is 0 Å². The highest BCUT2D eigenvalue weighted by Gasteiger charge is 2.31. The number of pyridine rings is 1. The zero-order valence-corrected chi connectivity index (χ0v) is 12.2. The maximum atomic E-state index is 11.3. The summed E-state index contributed by atoms with van der Waals surface area (Å²) in [7, 11) is 0. The Morgan fingerprint density at radius 3 is 3.00 bits per heavy atom. The van der Waals surface area contributed by atoms with E-state index in [0.29, 0.717) is 0 Å². The van der Waals surface area contributed by atoms with Crippen molar-refractivity contribution in [2.24, 2.45) is 0 Å². The number of ether oxygens (including phenoxy) is 1. The van der Waals surface area contributed by atoms with Crippen LogP contribution in [-0.2, 0) is 16.0 Å². The van der Waals surface area contributed by atoms with Gasteiger partial charge < -0.3 is 4.74 Å². The van der Waals surface area contributed by atoms with E-state index in [2.05, 4.69) is 22.0 Å². The van der Waals surface area contributed by atoms with Crippen molar-refractivity contribution in [1.82, 2.24) is 4.98 Å². The van der Waals surface area contributed by atoms with Crippen molar-refractivity contribution >= 4 is 32.8 Å². The van der Waals surface area contributed by atoms with E-state index < -0.39 is 0 Å². The van der Waals surface area contributed by atoms with Crippen LogP contribution in [0.15, 0.2) is 30.3 Å². The number of esters is 1. The number of halogens is 1. The summed E-state index contributed by atoms with van der Waals surface area (Å²) in [6.07, 6.45) is 1.60. The van der Waals surface area contributed by atoms with Crippen LogP contribution < -0.4 is 0 Å². The lowest BCUT2D eigenvalue weighted by molar-refractivity contribution is -0.147. The Bertz CT molecular complexity index is 641. The van der Waals surface area contributed by atoms with Gasteiger partial charge in [0.05, 0.1) is 10.3 Å². The topological polar surface area (TPSA) is 39.2 Å². The predicted octanol–water partition coefficient (Wildman–Crippen LogP) is 3.55. The number of rotatable bonds is 1. The third-order valence-electron chi connectivity index (χ3n) is 3.42. The number of aromatic nitrogens is 1. The summed E-state index contributed by atoms with van der Waals surface area (Å²) in [5.41, 5.74) is 3.07. The van der Waals surface area contributed by atoms with Crippen LogP contribution >= 0.6 is 15.9 Å². The molecular formula is C15H14BrNO2. The first-order valence-corrected chi connectivity index (χ1v) is 7.26. The quantitative estimate of drug-likeness (QED) is 0.596. The lowest BCUT2D eigenvalue weighted by Crippen LogP contribution is -2.25. The normalized spacial score (nSPS) is 22.0. The number of hydrogen-bond donors (Lipinski definition) is 0. The van der Waals surface area contributed by atoms with Gasteiger partial charge in [0.1, 0.15) is 6.10 Å². The summed E-state index contributed by atoms with van der Waals surface area (Å²) in [4.78, 5) is 16.1. The van der Waals surface area contributed by atoms with E-state index in [4.69, 9.17) is 9.72 Å². The van der Waals surface area contributed by atoms with Crippen LogP contribution in [0.1, 0.15) is 30.7 Å². The first-order chi connectivity index (χ1) is 9.15. The van der Waals surface area contributed by atoms with Crippen LogP contribution in [0.4, 0.5) is 0 Å². The number of fused-ring (bicyclic) bond motifs is 2. The summed E-state index contributed by atoms with van der Waals surface area (Å²) in [6, 6.07) is 10.1. The molecule has 0 bridgehead atoms. The monoisotopic (exact) mass is 319 g/mol. The van der Waals surface area contributed by atoms with E-state index in [-0.39, 0.29) is 16.9 Å². The summed E-state index contributed by atoms with van der Waals surface area (Å²) >= 11 is 3.61. The van der Waals surface area contributed by atoms with Gasteiger partial charge in [-0.25, -0.2) is 0 Å². The molecule has 98 valence electrons. The Balaban J connectivity index is 2.12. The van der Waals surface area contributed by atoms with E-state index in [9.17, 15) is 4.79 Å². The number of aryl methyl sites for hydroxylation is 1. The number of alkyl halides is 1. The van der Waals surface area contributed by atoms with Crippen LogP contribution in [0, 0.1) is 0 Å². The molecule has 1 aromatic carbocycles. The molecule has 2 aromatic rings. The highest BCUT2D eigenvalue weighted by molar-refractivity contribution is 9.09. The third-order valence-corrected chi connectivity index (χ3v) is 4.36. The number of para-hydroxylation sites is 1. The molecule has 0 unspecified atom stereocenters. The minimum absolute atomic E-state index is 0.159. The lowest BCUT2D eigenvalue weighted by Gasteiger charge is -2.29. The van der Waals surface area contributed by atoms with Gasteiger partial charge >= 0.3 is 5.97 Å². The fourth-order valence-corrected chi connectivity index (χ4v) is 3.18. The molecule has 1 aromatic heterocycles. The fraction of sp³-hybridized carbons (Fsp3) is 0.333. The maximum Gasteiger partial charge on any atom is 0.303 e. The summed E-state index contributed by atoms with van der Waals surface area (Å²) < 4.78 is 5.45. The average molecular weight is 320 g/mol. The van der Waals surface area contributed by atoms with Crippen molar-refractivity contribution in [3.8, 4) is 0 Å². The predicted molar refractivity (Wildman–Crippen MR) is 77.3 cm³/mol. The molecule has 0 saturated carbocycles. The highest BCUT2D eigenvalue weighted by Crippen LogP contribution is 2.37. The van der Waals surface area contributed by atoms with Crippen molar-refractivity contribution in [2.45, 2.75) is 30.7 Å². The van der Waals surface area contributed by atoms with Crippen LogP contribution in [0.25, 0.3) is 10.9 Å². The molecule has 0 N–H and O–H groups in total. The molecule has 19 heavy (non-hydrogen) atoms. The number of nitrogens with zero attached hydrogens (tertiary/aromatic N) is 1. The number of benzene rings is 1. The molecule has 0 fully saturated rings. The van der Waals surface area contributed by atoms with Crippen LogP contribution in [-0.4, -0.2) is 15.8 Å². The van der Waals surface area contributed by atoms with Crippen molar-refractivity contribution < 1.29 is 9.53 Å². The van der Waals surface area contributed by atoms with Gasteiger partial charge in [-0.1, -0.05) is 34.1 Å². The Morgan fingerprint density at radius 1 is 1.42 bits per heavy atom. The standard InChI is InChI=1S/C15H14BrNO2/c1-9(18)19-15-11-8-10-4-2-3-5-13(10)17-14(11)7-6-12(15)16/h2-5,8,12,15H,6-7H2,1H3/t12-,15-/m1/s1. The molecule has 0 saturated heterocycles. The molecule has 1 aliphatic rings. The minimum atomic E-state index is -0.254. The molecule has 3 nitrogen and oxygen atoms in total. The van der Waals surface area contributed by atoms with Crippen LogP contribution in [0.5, 0.6) is 0 Å². The van der Waals surface area contributed by atoms with Crippen molar-refractivity contribution in [1.29, 1.82) is 0 Å². The Kier molecular flexibility index (Phi) is 3.27. The van der Waals surface area contributed by atoms with Crippen molar-refractivity contribution in [2.75, 3.05) is 0 Å². The van der Waals surface area contributed by atoms with Gasteiger partial charge in [0.15, 0.2) is 0 Å². The Morgan fingerprint density at radius 2 is 2.21 bits per heavy atom. The van der Waals surface area contributed by atoms with Gasteiger partial charge in [-0.15, -0.1) is 0 Å². The van der Waals surface area contributed by atoms with E-state index >= 15 is 0 Å². The van der Waals surface area contributed by atoms with Gasteiger partial charge in [-0.05, 0) is 25.0 Å². The molecule has 1 aliphatic carbocycles. The second kappa shape index (κ2) is 4.93. The first-order valence-electron chi connectivity index (χ1n) is 6.35. The van der Waals surface area contributed by atoms with E-state index in [1.807, 2.05) is 24.3 Å². The van der Waals surface area contributed by atoms with E-state index in [0.717, 1.165) is 35.0 Å². The molecule has 4 heteroatoms. The zero-order chi connectivity index (χ0) is 13.4. The van der Waals surface area contributed by atoms with Gasteiger partial charge in [-0.2, -0.15) is 0 Å². The molecule has 0 amide bonds. The molecule has 0 radical (unpaired) electrons. The van der Waals surface area contributed by atoms with Crippen molar-refractivity contribution in [3.05, 3.63) is 41.6 Å². The Hall–Kier alpha value is -1.42. The number of carbonyl (C=O) groups excluding carboxylic acids is 1. The average Bonchev–Trinajstić information content (AvgIpc) is 2.40. The number of hydrogen-bond acceptors (Lipinski definition) is 3. The van der Waals surface area contributed by atoms with E-state index in [1.54, 1.807) is 0 Å². The third kappa shape index (κ3) is 2.37. The lowest BCUT2D eigenvalue weighted by atomic mass is 9.92. The SMILES string of the molecule is CC(=O)O[C@@H]1c2cc3ccccc3nc2CC[C@H]1Br. The zero-order valence-electron chi connectivity index (χ0n) is 10.6. The molecule has 0 spiro atoms. The summed E-state index contributed by atoms with van der Waals surface area (Å²) in [5.74, 6) is -0.254. The highest BCUT2D eigenvalue weighted by atomic mass is 79.9. The summed E-state index contributed by atoms with van der Waals surface area (Å²) in [6.45, 7) is 1.45. The second-order valence-corrected chi connectivity index (χ2v) is 5.98. The van der Waals surface area contributed by atoms with Gasteiger partial charge in [0.25, 0.3) is 0 Å². The largest absolute Gasteiger partial charge is 0.456 e. The smallest absolute Gasteiger partial charge is 0.303 e. The van der Waals surface area contributed by atoms with Gasteiger partial charge in [0, 0.05) is 23.6 Å². The molecule has 1 heterocycles. The fourth-order valence-electron chi connectivity index (χ4n) is 2.56. The van der Waals surface area contributed by atoms with Crippen LogP contribution in [0.3, 0.4) is 0 Å². The maximum absolute atomic E-state index is 11.3. The van der Waals surface area contributed by atoms with E-state index in [1.165, 1.54) is 6.92 Å². The second-order valence-electron chi connectivity index (χ2n) is 4.80. The summed E-state index contributed by atoms with van der Waals surface area (Å²) in [5, 5.41) is 1.08. The minimum Gasteiger partial charge on any atom is -0.456 e.